The second kappa shape index (κ2) is 8.85. The number of rotatable bonds is 8. The first-order valence-electron chi connectivity index (χ1n) is 9.79. The maximum absolute atomic E-state index is 12.7. The molecule has 1 fully saturated rings. The highest BCUT2D eigenvalue weighted by Crippen LogP contribution is 2.29. The Morgan fingerprint density at radius 1 is 1.11 bits per heavy atom. The summed E-state index contributed by atoms with van der Waals surface area (Å²) >= 11 is 0. The summed E-state index contributed by atoms with van der Waals surface area (Å²) in [4.78, 5) is 24.3. The smallest absolute Gasteiger partial charge is 0.220 e. The Kier molecular flexibility index (Phi) is 6.28. The minimum Gasteiger partial charge on any atom is -0.351 e. The van der Waals surface area contributed by atoms with Crippen molar-refractivity contribution >= 4 is 11.8 Å². The van der Waals surface area contributed by atoms with Gasteiger partial charge in [0.2, 0.25) is 11.8 Å². The van der Waals surface area contributed by atoms with Crippen molar-refractivity contribution < 1.29 is 9.59 Å². The first kappa shape index (κ1) is 19.2. The molecule has 142 valence electrons. The first-order valence-corrected chi connectivity index (χ1v) is 9.79. The minimum atomic E-state index is -0.212. The monoisotopic (exact) mass is 364 g/mol. The molecule has 4 nitrogen and oxygen atoms in total. The summed E-state index contributed by atoms with van der Waals surface area (Å²) in [5, 5.41) is 6.28. The lowest BCUT2D eigenvalue weighted by atomic mass is 9.88. The van der Waals surface area contributed by atoms with Crippen molar-refractivity contribution in [3.05, 3.63) is 71.8 Å². The van der Waals surface area contributed by atoms with Gasteiger partial charge in [0.25, 0.3) is 0 Å². The number of nitrogens with one attached hydrogen (secondary N) is 2. The van der Waals surface area contributed by atoms with Crippen LogP contribution in [0, 0.1) is 0 Å². The van der Waals surface area contributed by atoms with E-state index in [1.807, 2.05) is 36.4 Å². The zero-order valence-electron chi connectivity index (χ0n) is 15.9. The summed E-state index contributed by atoms with van der Waals surface area (Å²) in [7, 11) is 0. The lowest BCUT2D eigenvalue weighted by Gasteiger charge is -2.28. The Hall–Kier alpha value is -2.62. The van der Waals surface area contributed by atoms with E-state index in [-0.39, 0.29) is 23.4 Å². The first-order chi connectivity index (χ1) is 13.1. The summed E-state index contributed by atoms with van der Waals surface area (Å²) in [5.74, 6) is 0.136. The van der Waals surface area contributed by atoms with Crippen molar-refractivity contribution in [3.63, 3.8) is 0 Å². The highest BCUT2D eigenvalue weighted by atomic mass is 16.2. The average Bonchev–Trinajstić information content (AvgIpc) is 3.09. The van der Waals surface area contributed by atoms with Gasteiger partial charge < -0.3 is 10.6 Å². The fraction of sp³-hybridized carbons (Fsp3) is 0.391. The Labute approximate surface area is 161 Å². The molecule has 0 aromatic heterocycles. The third-order valence-electron chi connectivity index (χ3n) is 5.56. The van der Waals surface area contributed by atoms with Crippen LogP contribution in [0.2, 0.25) is 0 Å². The van der Waals surface area contributed by atoms with Crippen LogP contribution in [0.4, 0.5) is 0 Å². The summed E-state index contributed by atoms with van der Waals surface area (Å²) in [6.07, 6.45) is 4.11. The van der Waals surface area contributed by atoms with Gasteiger partial charge in [-0.3, -0.25) is 9.59 Å². The minimum absolute atomic E-state index is 0.0359. The SMILES string of the molecule is CC[C@]1(CCC(=O)N[C@@H](Cc2ccccc2)c2ccccc2)CCC(=O)N1. The summed E-state index contributed by atoms with van der Waals surface area (Å²) in [6, 6.07) is 20.2. The van der Waals surface area contributed by atoms with E-state index in [0.29, 0.717) is 19.3 Å². The van der Waals surface area contributed by atoms with Gasteiger partial charge >= 0.3 is 0 Å². The van der Waals surface area contributed by atoms with E-state index in [9.17, 15) is 9.59 Å². The standard InChI is InChI=1S/C23H28N2O2/c1-2-23(16-14-22(27)25-23)15-13-21(26)24-20(19-11-7-4-8-12-19)17-18-9-5-3-6-10-18/h3-12,20H,2,13-17H2,1H3,(H,24,26)(H,25,27)/t20-,23-/m0/s1. The zero-order valence-corrected chi connectivity index (χ0v) is 15.9. The fourth-order valence-electron chi connectivity index (χ4n) is 3.81. The van der Waals surface area contributed by atoms with E-state index < -0.39 is 0 Å². The van der Waals surface area contributed by atoms with E-state index in [1.54, 1.807) is 0 Å². The second-order valence-electron chi connectivity index (χ2n) is 7.40. The van der Waals surface area contributed by atoms with Crippen molar-refractivity contribution in [2.45, 2.75) is 57.0 Å². The number of hydrogen-bond acceptors (Lipinski definition) is 2. The van der Waals surface area contributed by atoms with Crippen LogP contribution >= 0.6 is 0 Å². The van der Waals surface area contributed by atoms with Gasteiger partial charge in [-0.2, -0.15) is 0 Å². The molecule has 2 N–H and O–H groups in total. The Morgan fingerprint density at radius 2 is 1.78 bits per heavy atom. The van der Waals surface area contributed by atoms with Gasteiger partial charge in [-0.15, -0.1) is 0 Å². The van der Waals surface area contributed by atoms with Crippen LogP contribution in [0.1, 0.15) is 56.2 Å². The highest BCUT2D eigenvalue weighted by Gasteiger charge is 2.36. The lowest BCUT2D eigenvalue weighted by Crippen LogP contribution is -2.42. The summed E-state index contributed by atoms with van der Waals surface area (Å²) in [5.41, 5.74) is 2.09. The van der Waals surface area contributed by atoms with Crippen LogP contribution in [0.5, 0.6) is 0 Å². The normalized spacial score (nSPS) is 20.1. The van der Waals surface area contributed by atoms with Gasteiger partial charge in [-0.25, -0.2) is 0 Å². The number of benzene rings is 2. The topological polar surface area (TPSA) is 58.2 Å². The Balaban J connectivity index is 1.64. The molecular formula is C23H28N2O2. The molecule has 1 heterocycles. The predicted octanol–water partition coefficient (Wildman–Crippen LogP) is 3.93. The third kappa shape index (κ3) is 5.19. The molecule has 0 radical (unpaired) electrons. The van der Waals surface area contributed by atoms with Crippen LogP contribution in [-0.4, -0.2) is 17.4 Å². The maximum Gasteiger partial charge on any atom is 0.220 e. The molecule has 2 aromatic rings. The fourth-order valence-corrected chi connectivity index (χ4v) is 3.81. The molecule has 0 aliphatic carbocycles. The van der Waals surface area contributed by atoms with Crippen LogP contribution < -0.4 is 10.6 Å². The molecule has 2 amide bonds. The predicted molar refractivity (Wildman–Crippen MR) is 107 cm³/mol. The second-order valence-corrected chi connectivity index (χ2v) is 7.40. The quantitative estimate of drug-likeness (QED) is 0.746. The van der Waals surface area contributed by atoms with Crippen molar-refractivity contribution in [2.24, 2.45) is 0 Å². The Bertz CT molecular complexity index is 760. The van der Waals surface area contributed by atoms with Crippen molar-refractivity contribution in [1.29, 1.82) is 0 Å². The summed E-state index contributed by atoms with van der Waals surface area (Å²) in [6.45, 7) is 2.08. The van der Waals surface area contributed by atoms with Crippen LogP contribution in [-0.2, 0) is 16.0 Å². The number of amides is 2. The molecule has 0 unspecified atom stereocenters. The van der Waals surface area contributed by atoms with Crippen molar-refractivity contribution in [2.75, 3.05) is 0 Å². The van der Waals surface area contributed by atoms with E-state index in [0.717, 1.165) is 24.8 Å². The molecule has 1 aliphatic rings. The molecule has 2 atom stereocenters. The van der Waals surface area contributed by atoms with Gasteiger partial charge in [-0.05, 0) is 36.8 Å². The molecule has 2 aromatic carbocycles. The number of carbonyl (C=O) groups is 2. The van der Waals surface area contributed by atoms with E-state index in [2.05, 4.69) is 41.8 Å². The van der Waals surface area contributed by atoms with Crippen LogP contribution in [0.15, 0.2) is 60.7 Å². The third-order valence-corrected chi connectivity index (χ3v) is 5.56. The van der Waals surface area contributed by atoms with Gasteiger partial charge in [0.05, 0.1) is 6.04 Å². The van der Waals surface area contributed by atoms with Gasteiger partial charge in [-0.1, -0.05) is 67.6 Å². The zero-order chi connectivity index (χ0) is 19.1. The molecule has 0 spiro atoms. The van der Waals surface area contributed by atoms with Crippen molar-refractivity contribution in [1.82, 2.24) is 10.6 Å². The average molecular weight is 364 g/mol. The maximum atomic E-state index is 12.7. The number of hydrogen-bond donors (Lipinski definition) is 2. The van der Waals surface area contributed by atoms with Gasteiger partial charge in [0.1, 0.15) is 0 Å². The van der Waals surface area contributed by atoms with E-state index in [4.69, 9.17) is 0 Å². The van der Waals surface area contributed by atoms with Crippen LogP contribution in [0.25, 0.3) is 0 Å². The molecule has 0 saturated carbocycles. The summed E-state index contributed by atoms with van der Waals surface area (Å²) < 4.78 is 0. The lowest BCUT2D eigenvalue weighted by molar-refractivity contribution is -0.123. The molecule has 4 heteroatoms. The van der Waals surface area contributed by atoms with Gasteiger partial charge in [0.15, 0.2) is 0 Å². The molecule has 27 heavy (non-hydrogen) atoms. The van der Waals surface area contributed by atoms with E-state index >= 15 is 0 Å². The molecule has 3 rings (SSSR count). The van der Waals surface area contributed by atoms with Crippen LogP contribution in [0.3, 0.4) is 0 Å². The van der Waals surface area contributed by atoms with E-state index in [1.165, 1.54) is 5.56 Å². The molecular weight excluding hydrogens is 336 g/mol. The number of carbonyl (C=O) groups excluding carboxylic acids is 2. The Morgan fingerprint density at radius 3 is 2.37 bits per heavy atom. The molecule has 1 saturated heterocycles. The highest BCUT2D eigenvalue weighted by molar-refractivity contribution is 5.80. The van der Waals surface area contributed by atoms with Crippen molar-refractivity contribution in [3.8, 4) is 0 Å². The molecule has 0 bridgehead atoms. The van der Waals surface area contributed by atoms with Gasteiger partial charge in [0, 0.05) is 18.4 Å². The largest absolute Gasteiger partial charge is 0.351 e. The molecule has 1 aliphatic heterocycles.